The van der Waals surface area contributed by atoms with Gasteiger partial charge >= 0.3 is 5.97 Å². The maximum atomic E-state index is 11.3. The van der Waals surface area contributed by atoms with Crippen molar-refractivity contribution in [2.75, 3.05) is 27.2 Å². The zero-order valence-electron chi connectivity index (χ0n) is 9.75. The van der Waals surface area contributed by atoms with Crippen LogP contribution < -0.4 is 10.6 Å². The smallest absolute Gasteiger partial charge is 0.303 e. The second-order valence-electron chi connectivity index (χ2n) is 3.34. The minimum atomic E-state index is -0.876. The summed E-state index contributed by atoms with van der Waals surface area (Å²) in [6, 6.07) is 0. The van der Waals surface area contributed by atoms with E-state index in [0.717, 1.165) is 5.71 Å². The van der Waals surface area contributed by atoms with Crippen molar-refractivity contribution in [1.29, 1.82) is 0 Å². The van der Waals surface area contributed by atoms with Gasteiger partial charge in [-0.05, 0) is 13.5 Å². The van der Waals surface area contributed by atoms with E-state index in [1.54, 1.807) is 14.1 Å². The molecule has 0 saturated heterocycles. The predicted octanol–water partition coefficient (Wildman–Crippen LogP) is -0.352. The molecule has 6 heteroatoms. The van der Waals surface area contributed by atoms with E-state index in [4.69, 9.17) is 5.11 Å². The lowest BCUT2D eigenvalue weighted by molar-refractivity contribution is -0.137. The van der Waals surface area contributed by atoms with Crippen LogP contribution in [0.4, 0.5) is 0 Å². The minimum Gasteiger partial charge on any atom is -0.481 e. The van der Waals surface area contributed by atoms with Crippen LogP contribution in [-0.4, -0.2) is 49.9 Å². The summed E-state index contributed by atoms with van der Waals surface area (Å²) in [5.41, 5.74) is 0.856. The Kier molecular flexibility index (Phi) is 8.05. The third-order valence-electron chi connectivity index (χ3n) is 1.98. The highest BCUT2D eigenvalue weighted by Gasteiger charge is 2.04. The molecule has 0 radical (unpaired) electrons. The molecule has 0 saturated carbocycles. The minimum absolute atomic E-state index is 0.0264. The lowest BCUT2D eigenvalue weighted by atomic mass is 10.2. The number of carboxylic acids is 1. The third-order valence-corrected chi connectivity index (χ3v) is 1.98. The van der Waals surface area contributed by atoms with Crippen LogP contribution in [0.1, 0.15) is 19.3 Å². The van der Waals surface area contributed by atoms with E-state index in [9.17, 15) is 9.59 Å². The van der Waals surface area contributed by atoms with Crippen LogP contribution in [-0.2, 0) is 9.59 Å². The number of hydrogen-bond donors (Lipinski definition) is 3. The van der Waals surface area contributed by atoms with Gasteiger partial charge in [-0.15, -0.1) is 0 Å². The van der Waals surface area contributed by atoms with Gasteiger partial charge in [-0.1, -0.05) is 0 Å². The standard InChI is InChI=1S/C10H19N3O3/c1-11-6-8(12-2)7-13-9(14)4-3-5-10(15)16/h11H,3-7H2,1-2H3,(H,13,14)(H,15,16). The molecule has 3 N–H and O–H groups in total. The molecule has 0 aliphatic carbocycles. The fourth-order valence-corrected chi connectivity index (χ4v) is 1.11. The van der Waals surface area contributed by atoms with Gasteiger partial charge in [-0.25, -0.2) is 0 Å². The van der Waals surface area contributed by atoms with Crippen LogP contribution in [0.5, 0.6) is 0 Å². The number of amides is 1. The summed E-state index contributed by atoms with van der Waals surface area (Å²) in [6.45, 7) is 1.04. The van der Waals surface area contributed by atoms with Gasteiger partial charge in [-0.3, -0.25) is 14.6 Å². The Morgan fingerprint density at radius 3 is 2.44 bits per heavy atom. The summed E-state index contributed by atoms with van der Waals surface area (Å²) in [7, 11) is 3.48. The fourth-order valence-electron chi connectivity index (χ4n) is 1.11. The van der Waals surface area contributed by atoms with Crippen molar-refractivity contribution in [2.45, 2.75) is 19.3 Å². The molecule has 0 aliphatic rings. The van der Waals surface area contributed by atoms with E-state index in [1.165, 1.54) is 0 Å². The molecule has 0 aliphatic heterocycles. The first-order valence-electron chi connectivity index (χ1n) is 5.17. The molecule has 92 valence electrons. The molecule has 0 fully saturated rings. The van der Waals surface area contributed by atoms with Crippen LogP contribution in [0, 0.1) is 0 Å². The first kappa shape index (κ1) is 14.6. The molecule has 6 nitrogen and oxygen atoms in total. The van der Waals surface area contributed by atoms with Crippen molar-refractivity contribution >= 4 is 17.6 Å². The first-order chi connectivity index (χ1) is 7.60. The van der Waals surface area contributed by atoms with E-state index in [1.807, 2.05) is 0 Å². The highest BCUT2D eigenvalue weighted by Crippen LogP contribution is 1.94. The van der Waals surface area contributed by atoms with Gasteiger partial charge in [0.05, 0.1) is 6.54 Å². The predicted molar refractivity (Wildman–Crippen MR) is 61.8 cm³/mol. The SMILES string of the molecule is CN=C(CNC)CNC(=O)CCCC(=O)O. The molecular formula is C10H19N3O3. The van der Waals surface area contributed by atoms with Crippen LogP contribution in [0.25, 0.3) is 0 Å². The summed E-state index contributed by atoms with van der Waals surface area (Å²) < 4.78 is 0. The maximum Gasteiger partial charge on any atom is 0.303 e. The van der Waals surface area contributed by atoms with Crippen molar-refractivity contribution in [2.24, 2.45) is 4.99 Å². The number of aliphatic imine (C=N–C) groups is 1. The Morgan fingerprint density at radius 2 is 1.94 bits per heavy atom. The Labute approximate surface area is 95.1 Å². The summed E-state index contributed by atoms with van der Waals surface area (Å²) in [6.07, 6.45) is 0.632. The van der Waals surface area contributed by atoms with E-state index in [-0.39, 0.29) is 18.7 Å². The van der Waals surface area contributed by atoms with Gasteiger partial charge < -0.3 is 15.7 Å². The lowest BCUT2D eigenvalue weighted by Crippen LogP contribution is -2.33. The van der Waals surface area contributed by atoms with Gasteiger partial charge in [0.25, 0.3) is 0 Å². The second kappa shape index (κ2) is 8.84. The number of carboxylic acid groups (broad SMARTS) is 1. The number of nitrogens with zero attached hydrogens (tertiary/aromatic N) is 1. The normalized spacial score (nSPS) is 11.2. The molecule has 1 amide bonds. The van der Waals surface area contributed by atoms with Crippen molar-refractivity contribution in [1.82, 2.24) is 10.6 Å². The zero-order valence-corrected chi connectivity index (χ0v) is 9.75. The van der Waals surface area contributed by atoms with Gasteiger partial charge in [-0.2, -0.15) is 0 Å². The number of aliphatic carboxylic acids is 1. The Bertz CT molecular complexity index is 264. The third kappa shape index (κ3) is 7.93. The van der Waals surface area contributed by atoms with Crippen LogP contribution in [0.3, 0.4) is 0 Å². The number of rotatable bonds is 8. The Morgan fingerprint density at radius 1 is 1.25 bits per heavy atom. The number of carbonyl (C=O) groups is 2. The molecule has 0 aromatic carbocycles. The van der Waals surface area contributed by atoms with Gasteiger partial charge in [0.15, 0.2) is 0 Å². The summed E-state index contributed by atoms with van der Waals surface area (Å²) >= 11 is 0. The molecule has 16 heavy (non-hydrogen) atoms. The average molecular weight is 229 g/mol. The van der Waals surface area contributed by atoms with Crippen molar-refractivity contribution < 1.29 is 14.7 Å². The number of carbonyl (C=O) groups excluding carboxylic acids is 1. The first-order valence-corrected chi connectivity index (χ1v) is 5.17. The summed E-state index contributed by atoms with van der Waals surface area (Å²) in [4.78, 5) is 25.5. The molecule has 0 spiro atoms. The summed E-state index contributed by atoms with van der Waals surface area (Å²) in [5.74, 6) is -1.02. The van der Waals surface area contributed by atoms with Crippen molar-refractivity contribution in [3.63, 3.8) is 0 Å². The van der Waals surface area contributed by atoms with Crippen molar-refractivity contribution in [3.05, 3.63) is 0 Å². The highest BCUT2D eigenvalue weighted by molar-refractivity contribution is 5.91. The zero-order chi connectivity index (χ0) is 12.4. The Hall–Kier alpha value is -1.43. The summed E-state index contributed by atoms with van der Waals surface area (Å²) in [5, 5.41) is 14.0. The molecule has 0 heterocycles. The monoisotopic (exact) mass is 229 g/mol. The van der Waals surface area contributed by atoms with E-state index in [0.29, 0.717) is 19.5 Å². The fraction of sp³-hybridized carbons (Fsp3) is 0.700. The van der Waals surface area contributed by atoms with Crippen LogP contribution >= 0.6 is 0 Å². The topological polar surface area (TPSA) is 90.8 Å². The van der Waals surface area contributed by atoms with Gasteiger partial charge in [0, 0.05) is 32.1 Å². The molecule has 0 aromatic rings. The molecule has 0 bridgehead atoms. The van der Waals surface area contributed by atoms with E-state index in [2.05, 4.69) is 15.6 Å². The number of hydrogen-bond acceptors (Lipinski definition) is 4. The quantitative estimate of drug-likeness (QED) is 0.496. The molecule has 0 aromatic heterocycles. The molecule has 0 atom stereocenters. The van der Waals surface area contributed by atoms with Crippen LogP contribution in [0.2, 0.25) is 0 Å². The highest BCUT2D eigenvalue weighted by atomic mass is 16.4. The van der Waals surface area contributed by atoms with Crippen molar-refractivity contribution in [3.8, 4) is 0 Å². The average Bonchev–Trinajstić information content (AvgIpc) is 2.23. The lowest BCUT2D eigenvalue weighted by Gasteiger charge is -2.07. The van der Waals surface area contributed by atoms with E-state index >= 15 is 0 Å². The van der Waals surface area contributed by atoms with Gasteiger partial charge in [0.2, 0.25) is 5.91 Å². The molecule has 0 rings (SSSR count). The largest absolute Gasteiger partial charge is 0.481 e. The molecular weight excluding hydrogens is 210 g/mol. The Balaban J connectivity index is 3.67. The maximum absolute atomic E-state index is 11.3. The van der Waals surface area contributed by atoms with Gasteiger partial charge in [0.1, 0.15) is 0 Å². The second-order valence-corrected chi connectivity index (χ2v) is 3.34. The molecule has 0 unspecified atom stereocenters. The number of nitrogens with one attached hydrogen (secondary N) is 2. The van der Waals surface area contributed by atoms with E-state index < -0.39 is 5.97 Å². The van der Waals surface area contributed by atoms with Crippen LogP contribution in [0.15, 0.2) is 4.99 Å².